The summed E-state index contributed by atoms with van der Waals surface area (Å²) in [6, 6.07) is 0.0207. The number of hydrogen-bond donors (Lipinski definition) is 0. The molecule has 0 aromatic heterocycles. The summed E-state index contributed by atoms with van der Waals surface area (Å²) in [4.78, 5) is 1.82. The van der Waals surface area contributed by atoms with Crippen molar-refractivity contribution in [2.75, 3.05) is 27.3 Å². The van der Waals surface area contributed by atoms with Gasteiger partial charge in [0.1, 0.15) is 0 Å². The molecule has 0 saturated carbocycles. The van der Waals surface area contributed by atoms with E-state index >= 15 is 0 Å². The first-order valence-corrected chi connectivity index (χ1v) is 4.36. The molecule has 0 aromatic rings. The van der Waals surface area contributed by atoms with Crippen LogP contribution in [0, 0.1) is 0 Å². The highest BCUT2D eigenvalue weighted by molar-refractivity contribution is 4.83. The molecule has 1 rings (SSSR count). The fraction of sp³-hybridized carbons (Fsp3) is 1.00. The Morgan fingerprint density at radius 1 is 1.43 bits per heavy atom. The maximum atomic E-state index is 11.9. The lowest BCUT2D eigenvalue weighted by Crippen LogP contribution is -2.29. The lowest BCUT2D eigenvalue weighted by atomic mass is 10.2. The Morgan fingerprint density at radius 3 is 2.57 bits per heavy atom. The maximum absolute atomic E-state index is 11.9. The number of hydrogen-bond acceptors (Lipinski definition) is 3. The van der Waals surface area contributed by atoms with Gasteiger partial charge in [0.2, 0.25) is 0 Å². The largest absolute Gasteiger partial charge is 0.522 e. The van der Waals surface area contributed by atoms with Crippen molar-refractivity contribution < 1.29 is 22.6 Å². The summed E-state index contributed by atoms with van der Waals surface area (Å²) in [5.74, 6) is 0. The molecule has 1 aliphatic heterocycles. The van der Waals surface area contributed by atoms with Crippen LogP contribution in [0.3, 0.4) is 0 Å². The van der Waals surface area contributed by atoms with Crippen molar-refractivity contribution in [2.45, 2.75) is 24.9 Å². The Bertz CT molecular complexity index is 186. The van der Waals surface area contributed by atoms with Gasteiger partial charge in [0, 0.05) is 19.7 Å². The van der Waals surface area contributed by atoms with Crippen molar-refractivity contribution in [3.8, 4) is 0 Å². The van der Waals surface area contributed by atoms with E-state index in [9.17, 15) is 13.2 Å². The van der Waals surface area contributed by atoms with Crippen LogP contribution in [-0.4, -0.2) is 50.7 Å². The van der Waals surface area contributed by atoms with Gasteiger partial charge in [-0.15, -0.1) is 13.2 Å². The second kappa shape index (κ2) is 4.46. The molecule has 0 bridgehead atoms. The molecule has 0 aliphatic carbocycles. The molecule has 0 aromatic carbocycles. The molecule has 1 aliphatic rings. The molecular weight excluding hydrogens is 199 g/mol. The topological polar surface area (TPSA) is 21.7 Å². The van der Waals surface area contributed by atoms with Crippen LogP contribution in [0.4, 0.5) is 13.2 Å². The highest BCUT2D eigenvalue weighted by Crippen LogP contribution is 2.26. The Morgan fingerprint density at radius 2 is 2.07 bits per heavy atom. The molecule has 3 nitrogen and oxygen atoms in total. The highest BCUT2D eigenvalue weighted by Gasteiger charge is 2.39. The zero-order chi connectivity index (χ0) is 10.8. The molecule has 2 atom stereocenters. The summed E-state index contributed by atoms with van der Waals surface area (Å²) in [6.45, 7) is 0.738. The summed E-state index contributed by atoms with van der Waals surface area (Å²) in [5.41, 5.74) is 0. The number of methoxy groups -OCH3 is 1. The summed E-state index contributed by atoms with van der Waals surface area (Å²) < 4.78 is 44.5. The van der Waals surface area contributed by atoms with E-state index in [2.05, 4.69) is 4.74 Å². The lowest BCUT2D eigenvalue weighted by molar-refractivity contribution is -0.340. The molecule has 0 N–H and O–H groups in total. The van der Waals surface area contributed by atoms with Gasteiger partial charge in [0.15, 0.2) is 0 Å². The summed E-state index contributed by atoms with van der Waals surface area (Å²) in [7, 11) is 3.30. The fourth-order valence-corrected chi connectivity index (χ4v) is 1.69. The van der Waals surface area contributed by atoms with E-state index in [1.54, 1.807) is 7.05 Å². The van der Waals surface area contributed by atoms with Crippen molar-refractivity contribution in [3.63, 3.8) is 0 Å². The molecule has 14 heavy (non-hydrogen) atoms. The molecule has 0 radical (unpaired) electrons. The van der Waals surface area contributed by atoms with Crippen molar-refractivity contribution in [3.05, 3.63) is 0 Å². The van der Waals surface area contributed by atoms with Crippen molar-refractivity contribution >= 4 is 0 Å². The van der Waals surface area contributed by atoms with E-state index in [4.69, 9.17) is 4.74 Å². The fourth-order valence-electron chi connectivity index (χ4n) is 1.69. The van der Waals surface area contributed by atoms with Crippen molar-refractivity contribution in [2.24, 2.45) is 0 Å². The maximum Gasteiger partial charge on any atom is 0.522 e. The molecule has 1 saturated heterocycles. The normalized spacial score (nSPS) is 29.8. The Balaban J connectivity index is 2.38. The first-order chi connectivity index (χ1) is 6.42. The SMILES string of the molecule is COCC1CC(OC(F)(F)F)CN1C. The van der Waals surface area contributed by atoms with E-state index in [0.29, 0.717) is 19.6 Å². The van der Waals surface area contributed by atoms with Crippen LogP contribution < -0.4 is 0 Å². The third kappa shape index (κ3) is 3.43. The van der Waals surface area contributed by atoms with E-state index in [1.165, 1.54) is 7.11 Å². The average molecular weight is 213 g/mol. The predicted molar refractivity (Wildman–Crippen MR) is 43.8 cm³/mol. The Hall–Kier alpha value is -0.330. The van der Waals surface area contributed by atoms with Gasteiger partial charge in [-0.1, -0.05) is 0 Å². The van der Waals surface area contributed by atoms with Crippen LogP contribution in [0.5, 0.6) is 0 Å². The number of ether oxygens (including phenoxy) is 2. The average Bonchev–Trinajstić information content (AvgIpc) is 2.28. The van der Waals surface area contributed by atoms with Crippen LogP contribution in [0.25, 0.3) is 0 Å². The van der Waals surface area contributed by atoms with Gasteiger partial charge in [-0.25, -0.2) is 0 Å². The third-order valence-electron chi connectivity index (χ3n) is 2.31. The number of likely N-dealkylation sites (tertiary alicyclic amines) is 1. The number of likely N-dealkylation sites (N-methyl/N-ethyl adjacent to an activating group) is 1. The molecule has 84 valence electrons. The zero-order valence-corrected chi connectivity index (χ0v) is 8.17. The van der Waals surface area contributed by atoms with Gasteiger partial charge in [0.05, 0.1) is 12.7 Å². The van der Waals surface area contributed by atoms with Crippen LogP contribution in [0.15, 0.2) is 0 Å². The molecule has 0 amide bonds. The summed E-state index contributed by atoms with van der Waals surface area (Å²) >= 11 is 0. The minimum atomic E-state index is -4.53. The highest BCUT2D eigenvalue weighted by atomic mass is 19.4. The van der Waals surface area contributed by atoms with E-state index in [-0.39, 0.29) is 6.04 Å². The van der Waals surface area contributed by atoms with Gasteiger partial charge in [-0.2, -0.15) is 0 Å². The van der Waals surface area contributed by atoms with Gasteiger partial charge in [0.25, 0.3) is 0 Å². The quantitative estimate of drug-likeness (QED) is 0.704. The van der Waals surface area contributed by atoms with Gasteiger partial charge >= 0.3 is 6.36 Å². The summed E-state index contributed by atoms with van der Waals surface area (Å²) in [5, 5.41) is 0. The van der Waals surface area contributed by atoms with Gasteiger partial charge in [-0.3, -0.25) is 9.64 Å². The molecule has 2 unspecified atom stereocenters. The predicted octanol–water partition coefficient (Wildman–Crippen LogP) is 1.24. The smallest absolute Gasteiger partial charge is 0.383 e. The van der Waals surface area contributed by atoms with Crippen LogP contribution >= 0.6 is 0 Å². The molecule has 1 fully saturated rings. The number of alkyl halides is 3. The lowest BCUT2D eigenvalue weighted by Gasteiger charge is -2.16. The van der Waals surface area contributed by atoms with E-state index < -0.39 is 12.5 Å². The molecular formula is C8H14F3NO2. The second-order valence-corrected chi connectivity index (χ2v) is 3.47. The zero-order valence-electron chi connectivity index (χ0n) is 8.17. The van der Waals surface area contributed by atoms with Crippen LogP contribution in [0.2, 0.25) is 0 Å². The third-order valence-corrected chi connectivity index (χ3v) is 2.31. The number of nitrogens with zero attached hydrogens (tertiary/aromatic N) is 1. The Kier molecular flexibility index (Phi) is 3.74. The van der Waals surface area contributed by atoms with E-state index in [0.717, 1.165) is 0 Å². The number of rotatable bonds is 3. The minimum absolute atomic E-state index is 0.0207. The van der Waals surface area contributed by atoms with Gasteiger partial charge in [-0.05, 0) is 13.5 Å². The van der Waals surface area contributed by atoms with E-state index in [1.807, 2.05) is 4.90 Å². The molecule has 1 heterocycles. The van der Waals surface area contributed by atoms with Crippen LogP contribution in [0.1, 0.15) is 6.42 Å². The van der Waals surface area contributed by atoms with Crippen molar-refractivity contribution in [1.82, 2.24) is 4.90 Å². The van der Waals surface area contributed by atoms with Crippen LogP contribution in [-0.2, 0) is 9.47 Å². The first kappa shape index (κ1) is 11.7. The monoisotopic (exact) mass is 213 g/mol. The first-order valence-electron chi connectivity index (χ1n) is 4.36. The van der Waals surface area contributed by atoms with Gasteiger partial charge < -0.3 is 4.74 Å². The summed E-state index contributed by atoms with van der Waals surface area (Å²) in [6.07, 6.45) is -4.93. The van der Waals surface area contributed by atoms with Crippen molar-refractivity contribution in [1.29, 1.82) is 0 Å². The Labute approximate surface area is 80.8 Å². The minimum Gasteiger partial charge on any atom is -0.383 e. The molecule has 6 heteroatoms. The standard InChI is InChI=1S/C8H14F3NO2/c1-12-4-7(14-8(9,10)11)3-6(12)5-13-2/h6-7H,3-5H2,1-2H3. The number of halogens is 3. The second-order valence-electron chi connectivity index (χ2n) is 3.47. The molecule has 0 spiro atoms.